The van der Waals surface area contributed by atoms with Gasteiger partial charge in [-0.1, -0.05) is 83.5 Å². The lowest BCUT2D eigenvalue weighted by Gasteiger charge is -2.36. The van der Waals surface area contributed by atoms with E-state index >= 15 is 0 Å². The highest BCUT2D eigenvalue weighted by Gasteiger charge is 2.48. The summed E-state index contributed by atoms with van der Waals surface area (Å²) < 4.78 is 7.16. The maximum Gasteiger partial charge on any atom is 0.334 e. The van der Waals surface area contributed by atoms with Crippen molar-refractivity contribution in [2.45, 2.75) is 12.0 Å². The molecule has 3 aliphatic heterocycles. The molecule has 0 saturated carbocycles. The van der Waals surface area contributed by atoms with Crippen molar-refractivity contribution < 1.29 is 5.32 Å². The van der Waals surface area contributed by atoms with Gasteiger partial charge in [0, 0.05) is 46.5 Å². The molecule has 2 unspecified atom stereocenters. The summed E-state index contributed by atoms with van der Waals surface area (Å²) in [6, 6.07) is 42.0. The summed E-state index contributed by atoms with van der Waals surface area (Å²) >= 11 is 0. The van der Waals surface area contributed by atoms with Crippen molar-refractivity contribution in [3.63, 3.8) is 0 Å². The molecule has 2 atom stereocenters. The van der Waals surface area contributed by atoms with E-state index in [9.17, 15) is 0 Å². The maximum absolute atomic E-state index is 5.39. The van der Waals surface area contributed by atoms with Crippen LogP contribution in [0.25, 0.3) is 33.5 Å². The molecule has 5 nitrogen and oxygen atoms in total. The zero-order chi connectivity index (χ0) is 30.2. The third kappa shape index (κ3) is 3.55. The molecule has 6 aromatic rings. The number of anilines is 2. The third-order valence-electron chi connectivity index (χ3n) is 9.77. The lowest BCUT2D eigenvalue weighted by molar-refractivity contribution is -0.483. The van der Waals surface area contributed by atoms with Crippen LogP contribution in [0.5, 0.6) is 0 Å². The number of pyridine rings is 1. The summed E-state index contributed by atoms with van der Waals surface area (Å²) in [5, 5.41) is 3.43. The van der Waals surface area contributed by atoms with Gasteiger partial charge in [0.1, 0.15) is 11.5 Å². The Morgan fingerprint density at radius 1 is 0.761 bits per heavy atom. The Kier molecular flexibility index (Phi) is 5.37. The van der Waals surface area contributed by atoms with E-state index in [0.29, 0.717) is 0 Å². The fourth-order valence-corrected chi connectivity index (χ4v) is 7.95. The highest BCUT2D eigenvalue weighted by Crippen LogP contribution is 2.62. The molecule has 46 heavy (non-hydrogen) atoms. The Labute approximate surface area is 266 Å². The van der Waals surface area contributed by atoms with Crippen molar-refractivity contribution in [2.24, 2.45) is 0 Å². The van der Waals surface area contributed by atoms with Crippen molar-refractivity contribution in [3.05, 3.63) is 174 Å². The van der Waals surface area contributed by atoms with E-state index in [1.54, 1.807) is 0 Å². The minimum Gasteiger partial charge on any atom is -0.318 e. The van der Waals surface area contributed by atoms with Crippen LogP contribution in [0, 0.1) is 0 Å². The van der Waals surface area contributed by atoms with Crippen LogP contribution in [0.3, 0.4) is 0 Å². The Bertz CT molecular complexity index is 2400. The molecule has 2 aromatic heterocycles. The standard InChI is InChI=1S/C41H28N5/c1-2-12-27(13-3-1)45-35-20-8-6-16-30(35)38-39-31-17-7-9-21-36(31)46(41(39)29-15-5-4-14-28(29)40(38)45)37-25-26(32-18-10-22-42-32)24-34(44-37)33-19-11-23-43-33/h1-25,39,41,43H/q+1/p+1. The smallest absolute Gasteiger partial charge is 0.318 e. The lowest BCUT2D eigenvalue weighted by Crippen LogP contribution is -2.73. The second-order valence-electron chi connectivity index (χ2n) is 12.2. The van der Waals surface area contributed by atoms with E-state index in [1.165, 1.54) is 50.2 Å². The van der Waals surface area contributed by atoms with Gasteiger partial charge < -0.3 is 9.47 Å². The van der Waals surface area contributed by atoms with Gasteiger partial charge in [0.25, 0.3) is 6.21 Å². The van der Waals surface area contributed by atoms with Crippen molar-refractivity contribution in [2.75, 3.05) is 4.90 Å². The molecule has 216 valence electrons. The fourth-order valence-electron chi connectivity index (χ4n) is 7.95. The number of aromatic nitrogens is 2. The molecule has 10 rings (SSSR count). The third-order valence-corrected chi connectivity index (χ3v) is 9.77. The van der Waals surface area contributed by atoms with Crippen molar-refractivity contribution >= 4 is 40.0 Å². The molecule has 2 N–H and O–H groups in total. The summed E-state index contributed by atoms with van der Waals surface area (Å²) in [4.78, 5) is 7.89. The van der Waals surface area contributed by atoms with E-state index in [4.69, 9.17) is 4.98 Å². The van der Waals surface area contributed by atoms with Gasteiger partial charge in [-0.05, 0) is 59.2 Å². The molecule has 0 radical (unpaired) electrons. The Balaban J connectivity index is 1.27. The predicted octanol–water partition coefficient (Wildman–Crippen LogP) is 6.96. The molecule has 4 aliphatic rings. The first-order valence-electron chi connectivity index (χ1n) is 15.8. The molecule has 0 amide bonds. The van der Waals surface area contributed by atoms with Gasteiger partial charge in [0.2, 0.25) is 0 Å². The van der Waals surface area contributed by atoms with E-state index in [2.05, 4.69) is 159 Å². The van der Waals surface area contributed by atoms with Gasteiger partial charge >= 0.3 is 5.71 Å². The average Bonchev–Trinajstić information content (AvgIpc) is 3.94. The number of allylic oxidation sites excluding steroid dienone is 4. The highest BCUT2D eigenvalue weighted by atomic mass is 15.3. The van der Waals surface area contributed by atoms with Gasteiger partial charge in [-0.25, -0.2) is 4.98 Å². The Morgan fingerprint density at radius 2 is 1.57 bits per heavy atom. The number of nitrogens with zero attached hydrogens (tertiary/aromatic N) is 4. The van der Waals surface area contributed by atoms with Crippen LogP contribution in [-0.4, -0.2) is 21.5 Å². The zero-order valence-corrected chi connectivity index (χ0v) is 25.0. The van der Waals surface area contributed by atoms with E-state index in [0.717, 1.165) is 28.5 Å². The van der Waals surface area contributed by atoms with Crippen LogP contribution < -0.4 is 14.9 Å². The first-order valence-corrected chi connectivity index (χ1v) is 15.8. The summed E-state index contributed by atoms with van der Waals surface area (Å²) in [6.07, 6.45) is 12.2. The molecular formula is C41H29N5+2. The van der Waals surface area contributed by atoms with Crippen LogP contribution in [-0.2, 0) is 0 Å². The normalized spacial score (nSPS) is 18.4. The van der Waals surface area contributed by atoms with Crippen LogP contribution in [0.1, 0.15) is 39.9 Å². The maximum atomic E-state index is 5.39. The monoisotopic (exact) mass is 591 g/mol. The first-order chi connectivity index (χ1) is 22.8. The van der Waals surface area contributed by atoms with Gasteiger partial charge in [-0.3, -0.25) is 5.32 Å². The highest BCUT2D eigenvalue weighted by molar-refractivity contribution is 6.14. The zero-order valence-electron chi connectivity index (χ0n) is 25.0. The summed E-state index contributed by atoms with van der Waals surface area (Å²) in [6.45, 7) is 0. The van der Waals surface area contributed by atoms with Gasteiger partial charge in [0.05, 0.1) is 29.0 Å². The predicted molar refractivity (Wildman–Crippen MR) is 187 cm³/mol. The fraction of sp³-hybridized carbons (Fsp3) is 0.0488. The second-order valence-corrected chi connectivity index (χ2v) is 12.2. The number of fused-ring (bicyclic) bond motifs is 10. The number of para-hydroxylation sites is 3. The minimum atomic E-state index is 0.0269. The van der Waals surface area contributed by atoms with Crippen LogP contribution in [0.15, 0.2) is 146 Å². The SMILES string of the molecule is C1=C[NH2+]C(c2cc(C3=[N+]=CC=C3)cc(N3c4ccccc4C4c5c(n(-c6ccccc6)c6ccccc56)-c5ccccc5C43)n2)=C1. The number of nitrogens with two attached hydrogens (primary N) is 1. The molecule has 1 aliphatic carbocycles. The molecule has 4 aromatic carbocycles. The van der Waals surface area contributed by atoms with Crippen LogP contribution in [0.4, 0.5) is 11.5 Å². The number of hydrogen-bond donors (Lipinski definition) is 1. The van der Waals surface area contributed by atoms with Crippen LogP contribution in [0.2, 0.25) is 0 Å². The first kappa shape index (κ1) is 25.3. The van der Waals surface area contributed by atoms with E-state index in [1.807, 2.05) is 12.3 Å². The van der Waals surface area contributed by atoms with Crippen molar-refractivity contribution in [1.29, 1.82) is 0 Å². The van der Waals surface area contributed by atoms with E-state index in [-0.39, 0.29) is 12.0 Å². The summed E-state index contributed by atoms with van der Waals surface area (Å²) in [7, 11) is 0. The summed E-state index contributed by atoms with van der Waals surface area (Å²) in [5.41, 5.74) is 14.2. The number of benzene rings is 4. The van der Waals surface area contributed by atoms with E-state index < -0.39 is 0 Å². The molecule has 5 heterocycles. The summed E-state index contributed by atoms with van der Waals surface area (Å²) in [5.74, 6) is 1.04. The molecule has 0 spiro atoms. The minimum absolute atomic E-state index is 0.0269. The second kappa shape index (κ2) is 9.75. The quantitative estimate of drug-likeness (QED) is 0.226. The lowest BCUT2D eigenvalue weighted by atomic mass is 9.75. The van der Waals surface area contributed by atoms with Gasteiger partial charge in [-0.15, -0.1) is 0 Å². The molecule has 0 saturated heterocycles. The Hall–Kier alpha value is -6.00. The molecule has 0 fully saturated rings. The van der Waals surface area contributed by atoms with Crippen LogP contribution >= 0.6 is 0 Å². The number of quaternary nitrogens is 1. The molecular weight excluding hydrogens is 562 g/mol. The van der Waals surface area contributed by atoms with Crippen molar-refractivity contribution in [3.8, 4) is 16.9 Å². The largest absolute Gasteiger partial charge is 0.334 e. The molecule has 5 heteroatoms. The number of rotatable bonds is 4. The van der Waals surface area contributed by atoms with Crippen molar-refractivity contribution in [1.82, 2.24) is 14.2 Å². The topological polar surface area (TPSA) is 51.8 Å². The van der Waals surface area contributed by atoms with Gasteiger partial charge in [-0.2, -0.15) is 0 Å². The average molecular weight is 592 g/mol. The number of hydrogen-bond acceptors (Lipinski definition) is 2. The van der Waals surface area contributed by atoms with Gasteiger partial charge in [0.15, 0.2) is 5.70 Å². The Morgan fingerprint density at radius 3 is 2.41 bits per heavy atom. The molecule has 0 bridgehead atoms.